The van der Waals surface area contributed by atoms with E-state index in [9.17, 15) is 16.8 Å². The van der Waals surface area contributed by atoms with Crippen molar-refractivity contribution in [1.29, 1.82) is 0 Å². The van der Waals surface area contributed by atoms with Crippen LogP contribution in [0, 0.1) is 6.92 Å². The predicted molar refractivity (Wildman–Crippen MR) is 89.0 cm³/mol. The van der Waals surface area contributed by atoms with Crippen molar-refractivity contribution in [3.8, 4) is 0 Å². The molecule has 2 rings (SSSR count). The number of aryl methyl sites for hydroxylation is 1. The van der Waals surface area contributed by atoms with E-state index in [1.165, 1.54) is 18.2 Å². The summed E-state index contributed by atoms with van der Waals surface area (Å²) in [5.74, 6) is 0. The monoisotopic (exact) mass is 352 g/mol. The minimum Gasteiger partial charge on any atom is -0.206 e. The standard InChI is InChI=1S/C15H16N2O4S2/c1-13-7-9-15(10-8-13)23(20,21)17-16-22(18,19)12-11-14-5-3-2-4-6-14/h2-12,16-17H,1H3/b12-11+. The molecule has 0 unspecified atom stereocenters. The average molecular weight is 352 g/mol. The third kappa shape index (κ3) is 5.29. The zero-order valence-electron chi connectivity index (χ0n) is 12.3. The van der Waals surface area contributed by atoms with Crippen molar-refractivity contribution in [1.82, 2.24) is 9.66 Å². The van der Waals surface area contributed by atoms with Crippen LogP contribution in [-0.2, 0) is 20.0 Å². The molecule has 122 valence electrons. The summed E-state index contributed by atoms with van der Waals surface area (Å²) in [7, 11) is -7.92. The minimum atomic E-state index is -3.97. The molecule has 0 aliphatic carbocycles. The molecule has 0 bridgehead atoms. The second-order valence-corrected chi connectivity index (χ2v) is 8.03. The first-order valence-corrected chi connectivity index (χ1v) is 9.65. The lowest BCUT2D eigenvalue weighted by molar-refractivity contribution is 0.562. The molecule has 0 aliphatic rings. The van der Waals surface area contributed by atoms with Crippen molar-refractivity contribution in [2.24, 2.45) is 0 Å². The lowest BCUT2D eigenvalue weighted by atomic mass is 10.2. The van der Waals surface area contributed by atoms with Gasteiger partial charge in [-0.1, -0.05) is 48.0 Å². The topological polar surface area (TPSA) is 92.3 Å². The summed E-state index contributed by atoms with van der Waals surface area (Å²) < 4.78 is 47.6. The van der Waals surface area contributed by atoms with E-state index in [0.717, 1.165) is 11.0 Å². The van der Waals surface area contributed by atoms with Gasteiger partial charge in [0.2, 0.25) is 10.0 Å². The maximum atomic E-state index is 12.0. The summed E-state index contributed by atoms with van der Waals surface area (Å²) in [5.41, 5.74) is 1.58. The summed E-state index contributed by atoms with van der Waals surface area (Å²) in [5, 5.41) is 0.889. The maximum absolute atomic E-state index is 12.0. The Bertz CT molecular complexity index is 888. The number of sulfonamides is 2. The Morgan fingerprint density at radius 3 is 2.04 bits per heavy atom. The Balaban J connectivity index is 2.06. The number of nitrogens with one attached hydrogen (secondary N) is 2. The van der Waals surface area contributed by atoms with Crippen LogP contribution < -0.4 is 9.66 Å². The first kappa shape index (κ1) is 17.4. The first-order chi connectivity index (χ1) is 10.8. The second-order valence-electron chi connectivity index (χ2n) is 4.78. The van der Waals surface area contributed by atoms with Crippen LogP contribution in [0.1, 0.15) is 11.1 Å². The van der Waals surface area contributed by atoms with E-state index >= 15 is 0 Å². The molecule has 6 nitrogen and oxygen atoms in total. The molecule has 2 N–H and O–H groups in total. The molecule has 0 aromatic heterocycles. The van der Waals surface area contributed by atoms with Crippen LogP contribution in [0.15, 0.2) is 64.9 Å². The molecule has 0 saturated carbocycles. The third-order valence-electron chi connectivity index (χ3n) is 2.89. The lowest BCUT2D eigenvalue weighted by Gasteiger charge is -2.07. The maximum Gasteiger partial charge on any atom is 0.254 e. The number of hydrogen-bond donors (Lipinski definition) is 2. The van der Waals surface area contributed by atoms with Gasteiger partial charge in [0.15, 0.2) is 0 Å². The fourth-order valence-corrected chi connectivity index (χ4v) is 3.58. The van der Waals surface area contributed by atoms with Crippen LogP contribution in [0.5, 0.6) is 0 Å². The van der Waals surface area contributed by atoms with Crippen molar-refractivity contribution in [2.45, 2.75) is 11.8 Å². The number of hydrogen-bond acceptors (Lipinski definition) is 4. The smallest absolute Gasteiger partial charge is 0.206 e. The molecule has 0 saturated heterocycles. The SMILES string of the molecule is Cc1ccc(S(=O)(=O)NNS(=O)(=O)/C=C/c2ccccc2)cc1. The Kier molecular flexibility index (Phi) is 5.32. The quantitative estimate of drug-likeness (QED) is 0.775. The Labute approximate surface area is 135 Å². The molecule has 0 aliphatic heterocycles. The lowest BCUT2D eigenvalue weighted by Crippen LogP contribution is -2.40. The molecule has 0 heterocycles. The van der Waals surface area contributed by atoms with E-state index in [4.69, 9.17) is 0 Å². The van der Waals surface area contributed by atoms with Crippen molar-refractivity contribution >= 4 is 26.1 Å². The Morgan fingerprint density at radius 2 is 1.43 bits per heavy atom. The van der Waals surface area contributed by atoms with E-state index in [1.54, 1.807) is 42.5 Å². The molecule has 0 fully saturated rings. The van der Waals surface area contributed by atoms with E-state index in [1.807, 2.05) is 16.6 Å². The van der Waals surface area contributed by atoms with E-state index < -0.39 is 20.0 Å². The normalized spacial score (nSPS) is 12.6. The Hall–Kier alpha value is -2.00. The molecule has 2 aromatic rings. The van der Waals surface area contributed by atoms with Crippen molar-refractivity contribution < 1.29 is 16.8 Å². The number of hydrazine groups is 1. The summed E-state index contributed by atoms with van der Waals surface area (Å²) in [6.07, 6.45) is 1.36. The molecule has 0 atom stereocenters. The van der Waals surface area contributed by atoms with Gasteiger partial charge < -0.3 is 0 Å². The highest BCUT2D eigenvalue weighted by Crippen LogP contribution is 2.09. The van der Waals surface area contributed by atoms with Crippen LogP contribution in [0.4, 0.5) is 0 Å². The van der Waals surface area contributed by atoms with Gasteiger partial charge in [0.25, 0.3) is 10.0 Å². The summed E-state index contributed by atoms with van der Waals surface area (Å²) in [6, 6.07) is 14.8. The molecule has 0 radical (unpaired) electrons. The van der Waals surface area contributed by atoms with E-state index in [2.05, 4.69) is 0 Å². The van der Waals surface area contributed by atoms with E-state index in [0.29, 0.717) is 5.56 Å². The highest BCUT2D eigenvalue weighted by atomic mass is 32.2. The summed E-state index contributed by atoms with van der Waals surface area (Å²) in [4.78, 5) is 3.65. The van der Waals surface area contributed by atoms with Crippen LogP contribution in [0.25, 0.3) is 6.08 Å². The van der Waals surface area contributed by atoms with Crippen molar-refractivity contribution in [3.05, 3.63) is 71.1 Å². The number of rotatable bonds is 6. The van der Waals surface area contributed by atoms with Crippen LogP contribution in [0.2, 0.25) is 0 Å². The van der Waals surface area contributed by atoms with Crippen LogP contribution in [0.3, 0.4) is 0 Å². The highest BCUT2D eigenvalue weighted by molar-refractivity contribution is 7.94. The zero-order valence-corrected chi connectivity index (χ0v) is 13.9. The molecular formula is C15H16N2O4S2. The van der Waals surface area contributed by atoms with Gasteiger partial charge in [-0.2, -0.15) is 0 Å². The predicted octanol–water partition coefficient (Wildman–Crippen LogP) is 1.78. The van der Waals surface area contributed by atoms with Gasteiger partial charge in [-0.3, -0.25) is 0 Å². The average Bonchev–Trinajstić information content (AvgIpc) is 2.53. The second kappa shape index (κ2) is 7.05. The van der Waals surface area contributed by atoms with Gasteiger partial charge in [-0.05, 0) is 30.7 Å². The van der Waals surface area contributed by atoms with Crippen LogP contribution in [-0.4, -0.2) is 16.8 Å². The molecular weight excluding hydrogens is 336 g/mol. The zero-order chi connectivity index (χ0) is 16.9. The highest BCUT2D eigenvalue weighted by Gasteiger charge is 2.16. The van der Waals surface area contributed by atoms with Crippen molar-refractivity contribution in [3.63, 3.8) is 0 Å². The summed E-state index contributed by atoms with van der Waals surface area (Å²) >= 11 is 0. The Morgan fingerprint density at radius 1 is 0.826 bits per heavy atom. The van der Waals surface area contributed by atoms with Gasteiger partial charge in [0, 0.05) is 5.41 Å². The van der Waals surface area contributed by atoms with Crippen molar-refractivity contribution in [2.75, 3.05) is 0 Å². The number of benzene rings is 2. The van der Waals surface area contributed by atoms with Crippen LogP contribution >= 0.6 is 0 Å². The molecule has 0 amide bonds. The third-order valence-corrected chi connectivity index (χ3v) is 5.16. The molecule has 0 spiro atoms. The van der Waals surface area contributed by atoms with Gasteiger partial charge in [0.05, 0.1) is 4.90 Å². The minimum absolute atomic E-state index is 0.0298. The fourth-order valence-electron chi connectivity index (χ4n) is 1.66. The van der Waals surface area contributed by atoms with Gasteiger partial charge in [-0.15, -0.1) is 9.66 Å². The summed E-state index contributed by atoms with van der Waals surface area (Å²) in [6.45, 7) is 1.82. The van der Waals surface area contributed by atoms with Gasteiger partial charge in [0.1, 0.15) is 0 Å². The molecule has 8 heteroatoms. The molecule has 23 heavy (non-hydrogen) atoms. The molecule has 2 aromatic carbocycles. The van der Waals surface area contributed by atoms with Gasteiger partial charge in [-0.25, -0.2) is 16.8 Å². The largest absolute Gasteiger partial charge is 0.254 e. The van der Waals surface area contributed by atoms with Gasteiger partial charge >= 0.3 is 0 Å². The first-order valence-electron chi connectivity index (χ1n) is 6.62. The van der Waals surface area contributed by atoms with E-state index in [-0.39, 0.29) is 4.90 Å². The fraction of sp³-hybridized carbons (Fsp3) is 0.0667.